The van der Waals surface area contributed by atoms with E-state index < -0.39 is 10.4 Å². The number of benzene rings is 1. The zero-order chi connectivity index (χ0) is 14.0. The third kappa shape index (κ3) is 3.37. The molecule has 0 spiro atoms. The van der Waals surface area contributed by atoms with Crippen LogP contribution in [0.2, 0.25) is 0 Å². The molecule has 1 aromatic rings. The lowest BCUT2D eigenvalue weighted by Crippen LogP contribution is -2.55. The lowest BCUT2D eigenvalue weighted by atomic mass is 9.84. The van der Waals surface area contributed by atoms with Crippen molar-refractivity contribution in [1.29, 1.82) is 0 Å². The fourth-order valence-corrected chi connectivity index (χ4v) is 2.69. The SMILES string of the molecule is CN1CC(C(C)(C)OC(=O)C(Br)c2ccccc2)C1. The number of hydrogen-bond donors (Lipinski definition) is 0. The quantitative estimate of drug-likeness (QED) is 0.629. The molecule has 104 valence electrons. The summed E-state index contributed by atoms with van der Waals surface area (Å²) in [5, 5.41) is 0. The summed E-state index contributed by atoms with van der Waals surface area (Å²) in [6, 6.07) is 9.62. The van der Waals surface area contributed by atoms with E-state index in [-0.39, 0.29) is 5.97 Å². The van der Waals surface area contributed by atoms with E-state index in [2.05, 4.69) is 27.9 Å². The minimum atomic E-state index is -0.412. The van der Waals surface area contributed by atoms with Crippen LogP contribution in [0.4, 0.5) is 0 Å². The van der Waals surface area contributed by atoms with Crippen molar-refractivity contribution in [2.75, 3.05) is 20.1 Å². The van der Waals surface area contributed by atoms with E-state index in [0.717, 1.165) is 18.7 Å². The van der Waals surface area contributed by atoms with Gasteiger partial charge >= 0.3 is 5.97 Å². The van der Waals surface area contributed by atoms with Gasteiger partial charge in [-0.25, -0.2) is 0 Å². The Morgan fingerprint density at radius 1 is 1.37 bits per heavy atom. The van der Waals surface area contributed by atoms with Gasteiger partial charge in [0.25, 0.3) is 0 Å². The molecule has 1 aromatic carbocycles. The molecular formula is C15H20BrNO2. The van der Waals surface area contributed by atoms with Crippen molar-refractivity contribution < 1.29 is 9.53 Å². The van der Waals surface area contributed by atoms with E-state index >= 15 is 0 Å². The van der Waals surface area contributed by atoms with Crippen molar-refractivity contribution in [3.8, 4) is 0 Å². The zero-order valence-electron chi connectivity index (χ0n) is 11.6. The molecule has 1 heterocycles. The third-order valence-corrected chi connectivity index (χ3v) is 4.61. The molecule has 3 nitrogen and oxygen atoms in total. The molecule has 0 aliphatic carbocycles. The molecule has 19 heavy (non-hydrogen) atoms. The van der Waals surface area contributed by atoms with Gasteiger partial charge in [-0.05, 0) is 26.5 Å². The highest BCUT2D eigenvalue weighted by atomic mass is 79.9. The van der Waals surface area contributed by atoms with Gasteiger partial charge < -0.3 is 9.64 Å². The molecular weight excluding hydrogens is 306 g/mol. The highest BCUT2D eigenvalue weighted by molar-refractivity contribution is 9.09. The average Bonchev–Trinajstić information content (AvgIpc) is 2.34. The maximum Gasteiger partial charge on any atom is 0.324 e. The Bertz CT molecular complexity index is 441. The summed E-state index contributed by atoms with van der Waals surface area (Å²) in [7, 11) is 2.08. The summed E-state index contributed by atoms with van der Waals surface area (Å²) in [4.78, 5) is 14.0. The second-order valence-corrected chi connectivity index (χ2v) is 6.63. The second kappa shape index (κ2) is 5.63. The summed E-state index contributed by atoms with van der Waals surface area (Å²) < 4.78 is 5.69. The number of esters is 1. The van der Waals surface area contributed by atoms with Crippen LogP contribution >= 0.6 is 15.9 Å². The fraction of sp³-hybridized carbons (Fsp3) is 0.533. The van der Waals surface area contributed by atoms with Crippen LogP contribution in [0.1, 0.15) is 24.2 Å². The Morgan fingerprint density at radius 2 is 1.95 bits per heavy atom. The molecule has 0 radical (unpaired) electrons. The first kappa shape index (κ1) is 14.5. The maximum absolute atomic E-state index is 12.2. The fourth-order valence-electron chi connectivity index (χ4n) is 2.29. The van der Waals surface area contributed by atoms with Crippen LogP contribution in [0.3, 0.4) is 0 Å². The Hall–Kier alpha value is -0.870. The van der Waals surface area contributed by atoms with Crippen molar-refractivity contribution in [3.05, 3.63) is 35.9 Å². The molecule has 0 amide bonds. The molecule has 1 aliphatic rings. The molecule has 1 unspecified atom stereocenters. The Morgan fingerprint density at radius 3 is 2.47 bits per heavy atom. The molecule has 1 saturated heterocycles. The first-order valence-corrected chi connectivity index (χ1v) is 7.42. The summed E-state index contributed by atoms with van der Waals surface area (Å²) in [5.74, 6) is 0.197. The van der Waals surface area contributed by atoms with Gasteiger partial charge in [0.2, 0.25) is 0 Å². The number of carbonyl (C=O) groups is 1. The summed E-state index contributed by atoms with van der Waals surface area (Å²) in [5.41, 5.74) is 0.513. The normalized spacial score (nSPS) is 18.7. The van der Waals surface area contributed by atoms with Crippen LogP contribution < -0.4 is 0 Å². The van der Waals surface area contributed by atoms with E-state index in [0.29, 0.717) is 5.92 Å². The maximum atomic E-state index is 12.2. The van der Waals surface area contributed by atoms with E-state index in [1.807, 2.05) is 44.2 Å². The van der Waals surface area contributed by atoms with Crippen LogP contribution in [-0.4, -0.2) is 36.6 Å². The number of rotatable bonds is 4. The largest absolute Gasteiger partial charge is 0.458 e. The molecule has 1 aliphatic heterocycles. The Balaban J connectivity index is 1.97. The van der Waals surface area contributed by atoms with Crippen molar-refractivity contribution >= 4 is 21.9 Å². The topological polar surface area (TPSA) is 29.5 Å². The summed E-state index contributed by atoms with van der Waals surface area (Å²) >= 11 is 3.42. The predicted molar refractivity (Wildman–Crippen MR) is 79.3 cm³/mol. The lowest BCUT2D eigenvalue weighted by Gasteiger charge is -2.45. The van der Waals surface area contributed by atoms with Gasteiger partial charge in [0.05, 0.1) is 0 Å². The van der Waals surface area contributed by atoms with Crippen LogP contribution in [0.25, 0.3) is 0 Å². The van der Waals surface area contributed by atoms with Crippen LogP contribution in [0.15, 0.2) is 30.3 Å². The van der Waals surface area contributed by atoms with Crippen molar-refractivity contribution in [1.82, 2.24) is 4.90 Å². The number of ether oxygens (including phenoxy) is 1. The van der Waals surface area contributed by atoms with Crippen molar-refractivity contribution in [2.24, 2.45) is 5.92 Å². The smallest absolute Gasteiger partial charge is 0.324 e. The van der Waals surface area contributed by atoms with Gasteiger partial charge in [0, 0.05) is 19.0 Å². The average molecular weight is 326 g/mol. The van der Waals surface area contributed by atoms with Gasteiger partial charge in [0.1, 0.15) is 10.4 Å². The molecule has 1 atom stereocenters. The van der Waals surface area contributed by atoms with Gasteiger partial charge in [0.15, 0.2) is 0 Å². The highest BCUT2D eigenvalue weighted by Gasteiger charge is 2.41. The predicted octanol–water partition coefficient (Wildman–Crippen LogP) is 3.01. The number of alkyl halides is 1. The van der Waals surface area contributed by atoms with Crippen LogP contribution in [0.5, 0.6) is 0 Å². The number of carbonyl (C=O) groups excluding carboxylic acids is 1. The standard InChI is InChI=1S/C15H20BrNO2/c1-15(2,12-9-17(3)10-12)19-14(18)13(16)11-7-5-4-6-8-11/h4-8,12-13H,9-10H2,1-3H3. The van der Waals surface area contributed by atoms with Crippen molar-refractivity contribution in [3.63, 3.8) is 0 Å². The van der Waals surface area contributed by atoms with Crippen LogP contribution in [-0.2, 0) is 9.53 Å². The number of hydrogen-bond acceptors (Lipinski definition) is 3. The van der Waals surface area contributed by atoms with E-state index in [1.165, 1.54) is 0 Å². The molecule has 0 aromatic heterocycles. The van der Waals surface area contributed by atoms with Gasteiger partial charge in [-0.1, -0.05) is 46.3 Å². The van der Waals surface area contributed by atoms with Gasteiger partial charge in [-0.15, -0.1) is 0 Å². The molecule has 0 bridgehead atoms. The van der Waals surface area contributed by atoms with E-state index in [9.17, 15) is 4.79 Å². The molecule has 2 rings (SSSR count). The molecule has 0 saturated carbocycles. The molecule has 1 fully saturated rings. The van der Waals surface area contributed by atoms with E-state index in [4.69, 9.17) is 4.74 Å². The zero-order valence-corrected chi connectivity index (χ0v) is 13.2. The number of nitrogens with zero attached hydrogens (tertiary/aromatic N) is 1. The van der Waals surface area contributed by atoms with Gasteiger partial charge in [-0.2, -0.15) is 0 Å². The first-order chi connectivity index (χ1) is 8.90. The summed E-state index contributed by atoms with van der Waals surface area (Å²) in [6.07, 6.45) is 0. The van der Waals surface area contributed by atoms with Crippen molar-refractivity contribution in [2.45, 2.75) is 24.3 Å². The number of likely N-dealkylation sites (tertiary alicyclic amines) is 1. The molecule has 0 N–H and O–H groups in total. The highest BCUT2D eigenvalue weighted by Crippen LogP contribution is 2.32. The second-order valence-electron chi connectivity index (χ2n) is 5.72. The minimum absolute atomic E-state index is 0.217. The Kier molecular flexibility index (Phi) is 4.31. The monoisotopic (exact) mass is 325 g/mol. The third-order valence-electron chi connectivity index (χ3n) is 3.71. The Labute approximate surface area is 123 Å². The van der Waals surface area contributed by atoms with E-state index in [1.54, 1.807) is 0 Å². The minimum Gasteiger partial charge on any atom is -0.458 e. The van der Waals surface area contributed by atoms with Crippen LogP contribution in [0, 0.1) is 5.92 Å². The lowest BCUT2D eigenvalue weighted by molar-refractivity contribution is -0.167. The first-order valence-electron chi connectivity index (χ1n) is 6.50. The number of halogens is 1. The van der Waals surface area contributed by atoms with Gasteiger partial charge in [-0.3, -0.25) is 4.79 Å². The summed E-state index contributed by atoms with van der Waals surface area (Å²) in [6.45, 7) is 5.96. The molecule has 4 heteroatoms.